The third-order valence-corrected chi connectivity index (χ3v) is 3.83. The van der Waals surface area contributed by atoms with Gasteiger partial charge in [0, 0.05) is 0 Å². The van der Waals surface area contributed by atoms with Gasteiger partial charge in [-0.05, 0) is 28.5 Å². The Bertz CT molecular complexity index is 971. The minimum atomic E-state index is -0.0839. The molecule has 0 aliphatic carbocycles. The molecule has 1 aromatic heterocycles. The molecule has 0 saturated carbocycles. The first-order valence-corrected chi connectivity index (χ1v) is 7.50. The first kappa shape index (κ1) is 13.5. The Morgan fingerprint density at radius 1 is 0.957 bits per heavy atom. The standard InChI is InChI=1S/C19H15N3O/c23-18(22-19-20-16-7-3-4-8-17(16)21-19)12-13-9-10-14-5-1-2-6-15(14)11-13/h1-11H,12H2,(H2,20,21,22,23). The Morgan fingerprint density at radius 2 is 1.74 bits per heavy atom. The molecule has 0 spiro atoms. The first-order valence-electron chi connectivity index (χ1n) is 7.50. The number of anilines is 1. The highest BCUT2D eigenvalue weighted by Crippen LogP contribution is 2.17. The Morgan fingerprint density at radius 3 is 2.61 bits per heavy atom. The maximum Gasteiger partial charge on any atom is 0.231 e. The number of aromatic amines is 1. The Labute approximate surface area is 133 Å². The van der Waals surface area contributed by atoms with Gasteiger partial charge in [0.05, 0.1) is 17.5 Å². The summed E-state index contributed by atoms with van der Waals surface area (Å²) in [7, 11) is 0. The third kappa shape index (κ3) is 2.79. The van der Waals surface area contributed by atoms with Gasteiger partial charge in [-0.25, -0.2) is 4.98 Å². The van der Waals surface area contributed by atoms with Crippen LogP contribution in [-0.4, -0.2) is 15.9 Å². The molecule has 3 aromatic carbocycles. The number of carbonyl (C=O) groups excluding carboxylic acids is 1. The molecule has 4 rings (SSSR count). The summed E-state index contributed by atoms with van der Waals surface area (Å²) in [6, 6.07) is 21.9. The average molecular weight is 301 g/mol. The van der Waals surface area contributed by atoms with Crippen LogP contribution in [0.5, 0.6) is 0 Å². The first-order chi connectivity index (χ1) is 11.3. The largest absolute Gasteiger partial charge is 0.324 e. The fourth-order valence-corrected chi connectivity index (χ4v) is 2.72. The summed E-state index contributed by atoms with van der Waals surface area (Å²) in [4.78, 5) is 19.7. The summed E-state index contributed by atoms with van der Waals surface area (Å²) >= 11 is 0. The lowest BCUT2D eigenvalue weighted by Crippen LogP contribution is -2.15. The zero-order valence-corrected chi connectivity index (χ0v) is 12.4. The zero-order valence-electron chi connectivity index (χ0n) is 12.4. The van der Waals surface area contributed by atoms with E-state index in [1.165, 1.54) is 5.39 Å². The van der Waals surface area contributed by atoms with E-state index in [1.54, 1.807) is 0 Å². The summed E-state index contributed by atoms with van der Waals surface area (Å²) in [5.74, 6) is 0.399. The molecular formula is C19H15N3O. The number of aromatic nitrogens is 2. The van der Waals surface area contributed by atoms with Crippen molar-refractivity contribution in [2.45, 2.75) is 6.42 Å². The van der Waals surface area contributed by atoms with E-state index < -0.39 is 0 Å². The van der Waals surface area contributed by atoms with E-state index in [2.05, 4.69) is 27.4 Å². The van der Waals surface area contributed by atoms with Crippen molar-refractivity contribution in [1.82, 2.24) is 9.97 Å². The highest BCUT2D eigenvalue weighted by Gasteiger charge is 2.08. The SMILES string of the molecule is O=C(Cc1ccc2ccccc2c1)Nc1nc2ccccc2[nH]1. The van der Waals surface area contributed by atoms with Crippen molar-refractivity contribution in [3.8, 4) is 0 Å². The van der Waals surface area contributed by atoms with E-state index in [9.17, 15) is 4.79 Å². The topological polar surface area (TPSA) is 57.8 Å². The smallest absolute Gasteiger partial charge is 0.231 e. The molecule has 0 radical (unpaired) electrons. The number of rotatable bonds is 3. The molecule has 4 heteroatoms. The van der Waals surface area contributed by atoms with Crippen LogP contribution >= 0.6 is 0 Å². The second-order valence-electron chi connectivity index (χ2n) is 5.51. The fraction of sp³-hybridized carbons (Fsp3) is 0.0526. The van der Waals surface area contributed by atoms with Gasteiger partial charge in [-0.3, -0.25) is 10.1 Å². The molecule has 2 N–H and O–H groups in total. The number of imidazole rings is 1. The predicted octanol–water partition coefficient (Wildman–Crippen LogP) is 3.90. The van der Waals surface area contributed by atoms with Crippen LogP contribution in [0.1, 0.15) is 5.56 Å². The molecular weight excluding hydrogens is 286 g/mol. The number of fused-ring (bicyclic) bond motifs is 2. The van der Waals surface area contributed by atoms with Crippen molar-refractivity contribution in [2.75, 3.05) is 5.32 Å². The molecule has 4 nitrogen and oxygen atoms in total. The predicted molar refractivity (Wildman–Crippen MR) is 92.4 cm³/mol. The van der Waals surface area contributed by atoms with Crippen LogP contribution in [-0.2, 0) is 11.2 Å². The van der Waals surface area contributed by atoms with Crippen molar-refractivity contribution in [3.63, 3.8) is 0 Å². The van der Waals surface area contributed by atoms with Crippen molar-refractivity contribution in [3.05, 3.63) is 72.3 Å². The van der Waals surface area contributed by atoms with Crippen LogP contribution in [0.25, 0.3) is 21.8 Å². The van der Waals surface area contributed by atoms with Crippen LogP contribution in [0.3, 0.4) is 0 Å². The summed E-state index contributed by atoms with van der Waals surface area (Å²) in [5, 5.41) is 5.14. The molecule has 0 bridgehead atoms. The second-order valence-corrected chi connectivity index (χ2v) is 5.51. The van der Waals surface area contributed by atoms with Gasteiger partial charge in [0.15, 0.2) is 0 Å². The molecule has 0 aliphatic rings. The lowest BCUT2D eigenvalue weighted by Gasteiger charge is -2.04. The van der Waals surface area contributed by atoms with Crippen LogP contribution in [0.2, 0.25) is 0 Å². The monoisotopic (exact) mass is 301 g/mol. The maximum atomic E-state index is 12.2. The highest BCUT2D eigenvalue weighted by molar-refractivity contribution is 5.93. The molecule has 4 aromatic rings. The molecule has 23 heavy (non-hydrogen) atoms. The summed E-state index contributed by atoms with van der Waals surface area (Å²) in [6.07, 6.45) is 0.321. The Hall–Kier alpha value is -3.14. The number of benzene rings is 3. The molecule has 0 unspecified atom stereocenters. The second kappa shape index (κ2) is 5.57. The molecule has 0 fully saturated rings. The lowest BCUT2D eigenvalue weighted by atomic mass is 10.1. The molecule has 0 saturated heterocycles. The van der Waals surface area contributed by atoms with Gasteiger partial charge in [-0.1, -0.05) is 54.6 Å². The summed E-state index contributed by atoms with van der Waals surface area (Å²) in [5.41, 5.74) is 2.74. The molecule has 1 heterocycles. The van der Waals surface area contributed by atoms with Gasteiger partial charge in [0.1, 0.15) is 0 Å². The van der Waals surface area contributed by atoms with Crippen LogP contribution < -0.4 is 5.32 Å². The van der Waals surface area contributed by atoms with Gasteiger partial charge in [0.2, 0.25) is 11.9 Å². The molecule has 0 aliphatic heterocycles. The highest BCUT2D eigenvalue weighted by atomic mass is 16.1. The van der Waals surface area contributed by atoms with Crippen molar-refractivity contribution >= 4 is 33.7 Å². The van der Waals surface area contributed by atoms with Gasteiger partial charge in [-0.15, -0.1) is 0 Å². The number of hydrogen-bond donors (Lipinski definition) is 2. The quantitative estimate of drug-likeness (QED) is 0.603. The van der Waals surface area contributed by atoms with Gasteiger partial charge >= 0.3 is 0 Å². The van der Waals surface area contributed by atoms with E-state index >= 15 is 0 Å². The normalized spacial score (nSPS) is 11.0. The Balaban J connectivity index is 1.52. The van der Waals surface area contributed by atoms with Gasteiger partial charge < -0.3 is 4.98 Å². The fourth-order valence-electron chi connectivity index (χ4n) is 2.72. The number of para-hydroxylation sites is 2. The number of amides is 1. The van der Waals surface area contributed by atoms with E-state index in [-0.39, 0.29) is 5.91 Å². The number of carbonyl (C=O) groups is 1. The lowest BCUT2D eigenvalue weighted by molar-refractivity contribution is -0.115. The minimum absolute atomic E-state index is 0.0839. The van der Waals surface area contributed by atoms with Crippen molar-refractivity contribution in [2.24, 2.45) is 0 Å². The van der Waals surface area contributed by atoms with Crippen LogP contribution in [0, 0.1) is 0 Å². The van der Waals surface area contributed by atoms with Crippen LogP contribution in [0.15, 0.2) is 66.7 Å². The van der Waals surface area contributed by atoms with E-state index in [0.717, 1.165) is 22.0 Å². The van der Waals surface area contributed by atoms with Gasteiger partial charge in [-0.2, -0.15) is 0 Å². The van der Waals surface area contributed by atoms with E-state index in [0.29, 0.717) is 12.4 Å². The van der Waals surface area contributed by atoms with Gasteiger partial charge in [0.25, 0.3) is 0 Å². The van der Waals surface area contributed by atoms with Crippen molar-refractivity contribution < 1.29 is 4.79 Å². The number of nitrogens with zero attached hydrogens (tertiary/aromatic N) is 1. The summed E-state index contributed by atoms with van der Waals surface area (Å²) < 4.78 is 0. The van der Waals surface area contributed by atoms with E-state index in [1.807, 2.05) is 54.6 Å². The molecule has 1 amide bonds. The number of H-pyrrole nitrogens is 1. The molecule has 0 atom stereocenters. The minimum Gasteiger partial charge on any atom is -0.324 e. The average Bonchev–Trinajstić information content (AvgIpc) is 2.96. The zero-order chi connectivity index (χ0) is 15.6. The number of hydrogen-bond acceptors (Lipinski definition) is 2. The number of nitrogens with one attached hydrogen (secondary N) is 2. The summed E-state index contributed by atoms with van der Waals surface area (Å²) in [6.45, 7) is 0. The maximum absolute atomic E-state index is 12.2. The third-order valence-electron chi connectivity index (χ3n) is 3.83. The molecule has 112 valence electrons. The van der Waals surface area contributed by atoms with Crippen molar-refractivity contribution in [1.29, 1.82) is 0 Å². The Kier molecular flexibility index (Phi) is 3.27. The van der Waals surface area contributed by atoms with Crippen LogP contribution in [0.4, 0.5) is 5.95 Å². The van der Waals surface area contributed by atoms with E-state index in [4.69, 9.17) is 0 Å².